The molecule has 0 saturated carbocycles. The van der Waals surface area contributed by atoms with E-state index >= 15 is 0 Å². The van der Waals surface area contributed by atoms with Gasteiger partial charge in [0.25, 0.3) is 5.56 Å². The highest BCUT2D eigenvalue weighted by Gasteiger charge is 2.26. The Morgan fingerprint density at radius 3 is 2.34 bits per heavy atom. The minimum Gasteiger partial charge on any atom is -0.497 e. The molecule has 0 spiro atoms. The molecule has 6 heteroatoms. The van der Waals surface area contributed by atoms with Crippen molar-refractivity contribution < 1.29 is 9.53 Å². The topological polar surface area (TPSA) is 64.4 Å². The number of aromatic nitrogens is 2. The molecular formula is C23H31N3O3. The Kier molecular flexibility index (Phi) is 6.40. The monoisotopic (exact) mass is 397 g/mol. The zero-order chi connectivity index (χ0) is 21.0. The highest BCUT2D eigenvalue weighted by molar-refractivity contribution is 5.76. The number of amides is 1. The number of likely N-dealkylation sites (tertiary alicyclic amines) is 1. The van der Waals surface area contributed by atoms with E-state index in [0.717, 1.165) is 36.3 Å². The summed E-state index contributed by atoms with van der Waals surface area (Å²) in [5, 5.41) is 4.62. The molecule has 0 N–H and O–H groups in total. The molecule has 0 radical (unpaired) electrons. The number of aryl methyl sites for hydroxylation is 1. The second-order valence-corrected chi connectivity index (χ2v) is 8.71. The van der Waals surface area contributed by atoms with Gasteiger partial charge in [-0.15, -0.1) is 0 Å². The van der Waals surface area contributed by atoms with Crippen LogP contribution in [-0.2, 0) is 16.6 Å². The van der Waals surface area contributed by atoms with E-state index in [-0.39, 0.29) is 22.9 Å². The fraction of sp³-hybridized carbons (Fsp3) is 0.522. The van der Waals surface area contributed by atoms with E-state index in [0.29, 0.717) is 19.5 Å². The summed E-state index contributed by atoms with van der Waals surface area (Å²) in [6.45, 7) is 7.61. The highest BCUT2D eigenvalue weighted by atomic mass is 16.5. The molecule has 1 aromatic heterocycles. The van der Waals surface area contributed by atoms with Gasteiger partial charge in [-0.3, -0.25) is 9.59 Å². The minimum absolute atomic E-state index is 0.0513. The van der Waals surface area contributed by atoms with Crippen LogP contribution in [0.1, 0.15) is 57.3 Å². The predicted molar refractivity (Wildman–Crippen MR) is 113 cm³/mol. The van der Waals surface area contributed by atoms with Crippen molar-refractivity contribution in [2.75, 3.05) is 20.2 Å². The van der Waals surface area contributed by atoms with Gasteiger partial charge in [0.2, 0.25) is 5.91 Å². The molecule has 0 aliphatic carbocycles. The number of ether oxygens (including phenoxy) is 1. The summed E-state index contributed by atoms with van der Waals surface area (Å²) >= 11 is 0. The van der Waals surface area contributed by atoms with Crippen molar-refractivity contribution in [1.29, 1.82) is 0 Å². The Labute approximate surface area is 172 Å². The molecule has 156 valence electrons. The Morgan fingerprint density at radius 1 is 1.10 bits per heavy atom. The van der Waals surface area contributed by atoms with Crippen molar-refractivity contribution in [3.05, 3.63) is 58.0 Å². The van der Waals surface area contributed by atoms with Crippen LogP contribution < -0.4 is 10.3 Å². The maximum atomic E-state index is 12.6. The van der Waals surface area contributed by atoms with Crippen molar-refractivity contribution in [1.82, 2.24) is 14.7 Å². The van der Waals surface area contributed by atoms with Crippen LogP contribution in [0.2, 0.25) is 0 Å². The number of hydrogen-bond acceptors (Lipinski definition) is 4. The number of hydrogen-bond donors (Lipinski definition) is 0. The zero-order valence-electron chi connectivity index (χ0n) is 17.9. The van der Waals surface area contributed by atoms with Gasteiger partial charge in [-0.25, -0.2) is 4.68 Å². The SMILES string of the molecule is COc1ccc(CCC(=O)N2CCC(n3nc(C(C)(C)C)ccc3=O)CC2)cc1. The fourth-order valence-corrected chi connectivity index (χ4v) is 3.65. The molecule has 6 nitrogen and oxygen atoms in total. The molecular weight excluding hydrogens is 366 g/mol. The first-order valence-corrected chi connectivity index (χ1v) is 10.3. The first-order chi connectivity index (χ1) is 13.8. The van der Waals surface area contributed by atoms with Gasteiger partial charge in [0.05, 0.1) is 18.8 Å². The Hall–Kier alpha value is -2.63. The molecule has 1 amide bonds. The number of rotatable bonds is 5. The summed E-state index contributed by atoms with van der Waals surface area (Å²) in [7, 11) is 1.64. The fourth-order valence-electron chi connectivity index (χ4n) is 3.65. The molecule has 2 aromatic rings. The molecule has 1 aliphatic heterocycles. The molecule has 1 fully saturated rings. The first-order valence-electron chi connectivity index (χ1n) is 10.3. The Balaban J connectivity index is 1.56. The van der Waals surface area contributed by atoms with E-state index in [2.05, 4.69) is 25.9 Å². The molecule has 0 unspecified atom stereocenters. The first kappa shape index (κ1) is 21.1. The second kappa shape index (κ2) is 8.80. The van der Waals surface area contributed by atoms with Crippen molar-refractivity contribution in [2.45, 2.75) is 57.9 Å². The highest BCUT2D eigenvalue weighted by Crippen LogP contribution is 2.24. The van der Waals surface area contributed by atoms with Crippen molar-refractivity contribution in [2.24, 2.45) is 0 Å². The lowest BCUT2D eigenvalue weighted by Crippen LogP contribution is -2.41. The van der Waals surface area contributed by atoms with Gasteiger partial charge in [0.15, 0.2) is 0 Å². The Morgan fingerprint density at radius 2 is 1.76 bits per heavy atom. The number of piperidine rings is 1. The quantitative estimate of drug-likeness (QED) is 0.776. The lowest BCUT2D eigenvalue weighted by atomic mass is 9.92. The molecule has 3 rings (SSSR count). The summed E-state index contributed by atoms with van der Waals surface area (Å²) in [6.07, 6.45) is 2.73. The van der Waals surface area contributed by atoms with Crippen LogP contribution in [-0.4, -0.2) is 40.8 Å². The van der Waals surface area contributed by atoms with Gasteiger partial charge in [-0.1, -0.05) is 32.9 Å². The molecule has 1 aromatic carbocycles. The largest absolute Gasteiger partial charge is 0.497 e. The number of benzene rings is 1. The minimum atomic E-state index is -0.104. The maximum Gasteiger partial charge on any atom is 0.267 e. The average molecular weight is 398 g/mol. The van der Waals surface area contributed by atoms with Crippen LogP contribution in [0, 0.1) is 0 Å². The molecule has 29 heavy (non-hydrogen) atoms. The van der Waals surface area contributed by atoms with E-state index in [1.165, 1.54) is 0 Å². The smallest absolute Gasteiger partial charge is 0.267 e. The predicted octanol–water partition coefficient (Wildman–Crippen LogP) is 3.35. The summed E-state index contributed by atoms with van der Waals surface area (Å²) < 4.78 is 6.79. The zero-order valence-corrected chi connectivity index (χ0v) is 17.9. The summed E-state index contributed by atoms with van der Waals surface area (Å²) in [6, 6.07) is 11.3. The molecule has 1 saturated heterocycles. The van der Waals surface area contributed by atoms with Gasteiger partial charge in [0.1, 0.15) is 5.75 Å². The van der Waals surface area contributed by atoms with E-state index in [1.54, 1.807) is 17.9 Å². The summed E-state index contributed by atoms with van der Waals surface area (Å²) in [4.78, 5) is 26.9. The average Bonchev–Trinajstić information content (AvgIpc) is 2.72. The van der Waals surface area contributed by atoms with E-state index in [9.17, 15) is 9.59 Å². The lowest BCUT2D eigenvalue weighted by molar-refractivity contribution is -0.132. The third-order valence-electron chi connectivity index (χ3n) is 5.54. The maximum absolute atomic E-state index is 12.6. The van der Waals surface area contributed by atoms with Crippen LogP contribution in [0.3, 0.4) is 0 Å². The van der Waals surface area contributed by atoms with Crippen molar-refractivity contribution >= 4 is 5.91 Å². The normalized spacial score (nSPS) is 15.4. The van der Waals surface area contributed by atoms with Crippen LogP contribution in [0.25, 0.3) is 0 Å². The van der Waals surface area contributed by atoms with Crippen LogP contribution in [0.5, 0.6) is 5.75 Å². The summed E-state index contributed by atoms with van der Waals surface area (Å²) in [5.74, 6) is 0.990. The molecule has 1 aliphatic rings. The summed E-state index contributed by atoms with van der Waals surface area (Å²) in [5.41, 5.74) is 1.87. The lowest BCUT2D eigenvalue weighted by Gasteiger charge is -2.33. The van der Waals surface area contributed by atoms with Crippen molar-refractivity contribution in [3.8, 4) is 5.75 Å². The number of nitrogens with zero attached hydrogens (tertiary/aromatic N) is 3. The number of carbonyl (C=O) groups excluding carboxylic acids is 1. The van der Waals surface area contributed by atoms with E-state index < -0.39 is 0 Å². The number of methoxy groups -OCH3 is 1. The van der Waals surface area contributed by atoms with Gasteiger partial charge in [-0.2, -0.15) is 5.10 Å². The number of carbonyl (C=O) groups is 1. The second-order valence-electron chi connectivity index (χ2n) is 8.71. The standard InChI is InChI=1S/C23H31N3O3/c1-23(2,3)20-10-12-22(28)26(24-20)18-13-15-25(16-14-18)21(27)11-7-17-5-8-19(29-4)9-6-17/h5-6,8-10,12,18H,7,11,13-16H2,1-4H3. The van der Waals surface area contributed by atoms with Gasteiger partial charge < -0.3 is 9.64 Å². The van der Waals surface area contributed by atoms with Gasteiger partial charge in [0, 0.05) is 31.0 Å². The molecule has 0 atom stereocenters. The van der Waals surface area contributed by atoms with Gasteiger partial charge >= 0.3 is 0 Å². The van der Waals surface area contributed by atoms with Gasteiger partial charge in [-0.05, 0) is 43.0 Å². The third-order valence-corrected chi connectivity index (χ3v) is 5.54. The van der Waals surface area contributed by atoms with Crippen molar-refractivity contribution in [3.63, 3.8) is 0 Å². The third kappa shape index (κ3) is 5.25. The van der Waals surface area contributed by atoms with E-state index in [4.69, 9.17) is 4.74 Å². The molecule has 2 heterocycles. The van der Waals surface area contributed by atoms with Crippen LogP contribution in [0.15, 0.2) is 41.2 Å². The van der Waals surface area contributed by atoms with Crippen LogP contribution >= 0.6 is 0 Å². The van der Waals surface area contributed by atoms with Crippen LogP contribution in [0.4, 0.5) is 0 Å². The molecule has 0 bridgehead atoms. The van der Waals surface area contributed by atoms with E-state index in [1.807, 2.05) is 35.2 Å². The Bertz CT molecular complexity index is 889.